The first-order chi connectivity index (χ1) is 12.6. The molecule has 0 aromatic heterocycles. The van der Waals surface area contributed by atoms with Crippen LogP contribution in [0.3, 0.4) is 0 Å². The molecule has 1 N–H and O–H groups in total. The first kappa shape index (κ1) is 16.7. The molecule has 4 heteroatoms. The monoisotopic (exact) mass is 363 g/mol. The molecule has 0 unspecified atom stereocenters. The van der Waals surface area contributed by atoms with Gasteiger partial charge in [-0.2, -0.15) is 0 Å². The Bertz CT molecular complexity index is 907. The van der Waals surface area contributed by atoms with Gasteiger partial charge < -0.3 is 10.1 Å². The summed E-state index contributed by atoms with van der Waals surface area (Å²) in [5.41, 5.74) is 2.77. The highest BCUT2D eigenvalue weighted by Crippen LogP contribution is 2.44. The van der Waals surface area contributed by atoms with Gasteiger partial charge >= 0.3 is 0 Å². The maximum absolute atomic E-state index is 13.2. The fourth-order valence-electron chi connectivity index (χ4n) is 3.32. The van der Waals surface area contributed by atoms with E-state index in [1.165, 1.54) is 0 Å². The molecule has 0 saturated carbocycles. The van der Waals surface area contributed by atoms with Gasteiger partial charge in [0.05, 0.1) is 12.0 Å². The smallest absolute Gasteiger partial charge is 0.232 e. The van der Waals surface area contributed by atoms with E-state index in [-0.39, 0.29) is 11.9 Å². The van der Waals surface area contributed by atoms with E-state index in [2.05, 4.69) is 5.32 Å². The second-order valence-electron chi connectivity index (χ2n) is 6.39. The Balaban J connectivity index is 1.66. The van der Waals surface area contributed by atoms with E-state index in [0.717, 1.165) is 28.2 Å². The number of para-hydroxylation sites is 2. The summed E-state index contributed by atoms with van der Waals surface area (Å²) in [6.45, 7) is 1.97. The molecule has 1 atom stereocenters. The van der Waals surface area contributed by atoms with Crippen molar-refractivity contribution in [3.63, 3.8) is 0 Å². The molecule has 1 aliphatic heterocycles. The summed E-state index contributed by atoms with van der Waals surface area (Å²) in [4.78, 5) is 13.2. The van der Waals surface area contributed by atoms with Crippen LogP contribution in [0.1, 0.15) is 35.6 Å². The molecule has 130 valence electrons. The molecule has 1 aliphatic rings. The van der Waals surface area contributed by atoms with Gasteiger partial charge in [-0.05, 0) is 36.8 Å². The molecule has 4 rings (SSSR count). The Morgan fingerprint density at radius 1 is 0.923 bits per heavy atom. The zero-order valence-electron chi connectivity index (χ0n) is 14.3. The zero-order valence-corrected chi connectivity index (χ0v) is 15.0. The molecular weight excluding hydrogens is 346 g/mol. The van der Waals surface area contributed by atoms with Gasteiger partial charge in [-0.1, -0.05) is 60.1 Å². The molecule has 3 nitrogen and oxygen atoms in total. The summed E-state index contributed by atoms with van der Waals surface area (Å²) < 4.78 is 5.97. The number of amides is 1. The number of nitrogens with one attached hydrogen (secondary N) is 1. The van der Waals surface area contributed by atoms with Crippen molar-refractivity contribution >= 4 is 17.5 Å². The number of rotatable bonds is 3. The lowest BCUT2D eigenvalue weighted by atomic mass is 9.87. The van der Waals surface area contributed by atoms with E-state index in [1.54, 1.807) is 0 Å². The Kier molecular flexibility index (Phi) is 4.39. The Hall–Kier alpha value is -2.78. The molecule has 0 spiro atoms. The average Bonchev–Trinajstić information content (AvgIpc) is 2.66. The molecule has 0 saturated heterocycles. The number of fused-ring (bicyclic) bond motifs is 2. The van der Waals surface area contributed by atoms with Gasteiger partial charge in [0.2, 0.25) is 5.91 Å². The second kappa shape index (κ2) is 6.85. The molecule has 0 bridgehead atoms. The fourth-order valence-corrected chi connectivity index (χ4v) is 3.45. The van der Waals surface area contributed by atoms with Crippen LogP contribution < -0.4 is 10.1 Å². The molecule has 3 aromatic rings. The van der Waals surface area contributed by atoms with Gasteiger partial charge in [-0.25, -0.2) is 0 Å². The minimum Gasteiger partial charge on any atom is -0.457 e. The van der Waals surface area contributed by atoms with Crippen molar-refractivity contribution < 1.29 is 9.53 Å². The van der Waals surface area contributed by atoms with Crippen LogP contribution >= 0.6 is 11.6 Å². The van der Waals surface area contributed by atoms with Gasteiger partial charge in [0.25, 0.3) is 0 Å². The quantitative estimate of drug-likeness (QED) is 0.671. The summed E-state index contributed by atoms with van der Waals surface area (Å²) in [6.07, 6.45) is 0. The van der Waals surface area contributed by atoms with Crippen LogP contribution in [0.2, 0.25) is 5.02 Å². The van der Waals surface area contributed by atoms with Crippen molar-refractivity contribution in [3.05, 3.63) is 94.5 Å². The highest BCUT2D eigenvalue weighted by molar-refractivity contribution is 6.30. The van der Waals surface area contributed by atoms with E-state index < -0.39 is 5.92 Å². The first-order valence-corrected chi connectivity index (χ1v) is 8.93. The Morgan fingerprint density at radius 3 is 2.04 bits per heavy atom. The SMILES string of the molecule is C[C@@H](NC(=O)C1c2ccccc2Oc2ccccc21)c1ccc(Cl)cc1. The molecule has 1 heterocycles. The summed E-state index contributed by atoms with van der Waals surface area (Å²) >= 11 is 5.96. The van der Waals surface area contributed by atoms with Crippen LogP contribution in [0.25, 0.3) is 0 Å². The second-order valence-corrected chi connectivity index (χ2v) is 6.83. The minimum absolute atomic E-state index is 0.0457. The van der Waals surface area contributed by atoms with E-state index >= 15 is 0 Å². The molecule has 3 aromatic carbocycles. The van der Waals surface area contributed by atoms with Gasteiger partial charge in [-0.3, -0.25) is 4.79 Å². The number of halogens is 1. The maximum atomic E-state index is 13.2. The molecule has 26 heavy (non-hydrogen) atoms. The highest BCUT2D eigenvalue weighted by Gasteiger charge is 2.32. The lowest BCUT2D eigenvalue weighted by molar-refractivity contribution is -0.122. The van der Waals surface area contributed by atoms with Crippen molar-refractivity contribution in [2.45, 2.75) is 18.9 Å². The largest absolute Gasteiger partial charge is 0.457 e. The minimum atomic E-state index is -0.397. The number of hydrogen-bond donors (Lipinski definition) is 1. The predicted molar refractivity (Wildman–Crippen MR) is 103 cm³/mol. The summed E-state index contributed by atoms with van der Waals surface area (Å²) in [7, 11) is 0. The van der Waals surface area contributed by atoms with Crippen molar-refractivity contribution in [1.82, 2.24) is 5.32 Å². The van der Waals surface area contributed by atoms with Crippen LogP contribution in [0, 0.1) is 0 Å². The maximum Gasteiger partial charge on any atom is 0.232 e. The average molecular weight is 364 g/mol. The van der Waals surface area contributed by atoms with E-state index in [4.69, 9.17) is 16.3 Å². The highest BCUT2D eigenvalue weighted by atomic mass is 35.5. The van der Waals surface area contributed by atoms with Crippen molar-refractivity contribution in [1.29, 1.82) is 0 Å². The van der Waals surface area contributed by atoms with Crippen LogP contribution in [0.15, 0.2) is 72.8 Å². The number of carbonyl (C=O) groups is 1. The molecule has 0 radical (unpaired) electrons. The Morgan fingerprint density at radius 2 is 1.46 bits per heavy atom. The topological polar surface area (TPSA) is 38.3 Å². The predicted octanol–water partition coefficient (Wildman–Crippen LogP) is 5.46. The summed E-state index contributed by atoms with van der Waals surface area (Å²) in [5.74, 6) is 1.01. The third-order valence-corrected chi connectivity index (χ3v) is 4.92. The van der Waals surface area contributed by atoms with Gasteiger partial charge in [-0.15, -0.1) is 0 Å². The molecular formula is C22H18ClNO2. The normalized spacial score (nSPS) is 13.9. The summed E-state index contributed by atoms with van der Waals surface area (Å²) in [5, 5.41) is 3.81. The zero-order chi connectivity index (χ0) is 18.1. The number of benzene rings is 3. The van der Waals surface area contributed by atoms with Crippen molar-refractivity contribution in [2.24, 2.45) is 0 Å². The third-order valence-electron chi connectivity index (χ3n) is 4.67. The summed E-state index contributed by atoms with van der Waals surface area (Å²) in [6, 6.07) is 22.8. The lowest BCUT2D eigenvalue weighted by Crippen LogP contribution is -2.33. The van der Waals surface area contributed by atoms with Crippen molar-refractivity contribution in [3.8, 4) is 11.5 Å². The fraction of sp³-hybridized carbons (Fsp3) is 0.136. The standard InChI is InChI=1S/C22H18ClNO2/c1-14(15-10-12-16(23)13-11-15)24-22(25)21-17-6-2-4-8-19(17)26-20-9-5-3-7-18(20)21/h2-14,21H,1H3,(H,24,25)/t14-/m1/s1. The lowest BCUT2D eigenvalue weighted by Gasteiger charge is -2.28. The van der Waals surface area contributed by atoms with Crippen LogP contribution in [0.5, 0.6) is 11.5 Å². The third kappa shape index (κ3) is 3.06. The first-order valence-electron chi connectivity index (χ1n) is 8.55. The number of ether oxygens (including phenoxy) is 1. The molecule has 0 aliphatic carbocycles. The van der Waals surface area contributed by atoms with Gasteiger partial charge in [0, 0.05) is 16.1 Å². The Labute approximate surface area is 157 Å². The molecule has 0 fully saturated rings. The van der Waals surface area contributed by atoms with Crippen LogP contribution in [0.4, 0.5) is 0 Å². The van der Waals surface area contributed by atoms with E-state index in [1.807, 2.05) is 79.7 Å². The number of carbonyl (C=O) groups excluding carboxylic acids is 1. The van der Waals surface area contributed by atoms with E-state index in [9.17, 15) is 4.79 Å². The van der Waals surface area contributed by atoms with Crippen LogP contribution in [-0.2, 0) is 4.79 Å². The van der Waals surface area contributed by atoms with Gasteiger partial charge in [0.15, 0.2) is 0 Å². The van der Waals surface area contributed by atoms with Crippen molar-refractivity contribution in [2.75, 3.05) is 0 Å². The van der Waals surface area contributed by atoms with Crippen LogP contribution in [-0.4, -0.2) is 5.91 Å². The van der Waals surface area contributed by atoms with E-state index in [0.29, 0.717) is 5.02 Å². The molecule has 1 amide bonds. The van der Waals surface area contributed by atoms with Gasteiger partial charge in [0.1, 0.15) is 11.5 Å². The number of hydrogen-bond acceptors (Lipinski definition) is 2.